The summed E-state index contributed by atoms with van der Waals surface area (Å²) in [6, 6.07) is 10.5. The number of anilines is 2. The van der Waals surface area contributed by atoms with E-state index < -0.39 is 5.82 Å². The van der Waals surface area contributed by atoms with E-state index in [9.17, 15) is 4.79 Å². The topological polar surface area (TPSA) is 58.6 Å². The molecule has 33 heavy (non-hydrogen) atoms. The van der Waals surface area contributed by atoms with Gasteiger partial charge in [-0.2, -0.15) is 0 Å². The third-order valence-electron chi connectivity index (χ3n) is 5.85. The summed E-state index contributed by atoms with van der Waals surface area (Å²) in [5.41, 5.74) is 3.56. The van der Waals surface area contributed by atoms with Crippen molar-refractivity contribution in [3.63, 3.8) is 0 Å². The number of benzene rings is 1. The molecule has 2 aliphatic heterocycles. The molecule has 2 aromatic heterocycles. The van der Waals surface area contributed by atoms with Crippen LogP contribution in [0.15, 0.2) is 42.6 Å². The van der Waals surface area contributed by atoms with Crippen molar-refractivity contribution in [2.45, 2.75) is 13.5 Å². The number of amides is 1. The highest BCUT2D eigenvalue weighted by Gasteiger charge is 2.22. The number of ether oxygens (including phenoxy) is 1. The van der Waals surface area contributed by atoms with Gasteiger partial charge in [0.2, 0.25) is 5.91 Å². The van der Waals surface area contributed by atoms with Gasteiger partial charge in [0.1, 0.15) is 17.3 Å². The minimum Gasteiger partial charge on any atom is -0.378 e. The van der Waals surface area contributed by atoms with Gasteiger partial charge in [-0.15, -0.1) is 0 Å². The van der Waals surface area contributed by atoms with Gasteiger partial charge in [-0.25, -0.2) is 14.4 Å². The van der Waals surface area contributed by atoms with Crippen LogP contribution in [0.4, 0.5) is 15.9 Å². The van der Waals surface area contributed by atoms with Crippen LogP contribution >= 0.6 is 11.6 Å². The first-order valence-electron chi connectivity index (χ1n) is 10.7. The van der Waals surface area contributed by atoms with Crippen molar-refractivity contribution < 1.29 is 13.9 Å². The summed E-state index contributed by atoms with van der Waals surface area (Å²) in [7, 11) is 0. The molecule has 0 atom stereocenters. The predicted molar refractivity (Wildman–Crippen MR) is 128 cm³/mol. The summed E-state index contributed by atoms with van der Waals surface area (Å²) in [5, 5.41) is 0.571. The van der Waals surface area contributed by atoms with Crippen LogP contribution in [0.3, 0.4) is 0 Å². The zero-order valence-corrected chi connectivity index (χ0v) is 18.8. The molecule has 0 aliphatic carbocycles. The van der Waals surface area contributed by atoms with Crippen LogP contribution < -0.4 is 9.80 Å². The normalized spacial score (nSPS) is 16.5. The van der Waals surface area contributed by atoms with Gasteiger partial charge < -0.3 is 14.5 Å². The van der Waals surface area contributed by atoms with Gasteiger partial charge in [0.15, 0.2) is 0 Å². The van der Waals surface area contributed by atoms with Gasteiger partial charge in [-0.05, 0) is 48.0 Å². The Hall–Kier alpha value is -3.29. The Morgan fingerprint density at radius 3 is 2.67 bits per heavy atom. The summed E-state index contributed by atoms with van der Waals surface area (Å²) in [5.74, 6) is 0.231. The number of carbonyl (C=O) groups is 1. The molecule has 0 bridgehead atoms. The van der Waals surface area contributed by atoms with Crippen LogP contribution in [-0.2, 0) is 16.1 Å². The highest BCUT2D eigenvalue weighted by molar-refractivity contribution is 6.30. The monoisotopic (exact) mass is 464 g/mol. The van der Waals surface area contributed by atoms with E-state index in [-0.39, 0.29) is 18.1 Å². The van der Waals surface area contributed by atoms with Gasteiger partial charge in [0.05, 0.1) is 31.1 Å². The van der Waals surface area contributed by atoms with Gasteiger partial charge in [-0.1, -0.05) is 17.7 Å². The highest BCUT2D eigenvalue weighted by Crippen LogP contribution is 2.32. The minimum atomic E-state index is -0.455. The second-order valence-electron chi connectivity index (χ2n) is 8.01. The molecule has 3 aromatic rings. The van der Waals surface area contributed by atoms with E-state index in [1.807, 2.05) is 24.3 Å². The Balaban J connectivity index is 1.53. The molecule has 0 radical (unpaired) electrons. The Morgan fingerprint density at radius 1 is 1.12 bits per heavy atom. The number of fused-ring (bicyclic) bond motifs is 2. The average molecular weight is 465 g/mol. The molecule has 0 spiro atoms. The second-order valence-corrected chi connectivity index (χ2v) is 8.45. The number of halogens is 2. The van der Waals surface area contributed by atoms with Gasteiger partial charge in [0, 0.05) is 42.4 Å². The third-order valence-corrected chi connectivity index (χ3v) is 6.09. The lowest BCUT2D eigenvalue weighted by molar-refractivity contribution is -0.116. The quantitative estimate of drug-likeness (QED) is 0.544. The molecule has 6 nitrogen and oxygen atoms in total. The number of hydrogen-bond donors (Lipinski definition) is 0. The Morgan fingerprint density at radius 2 is 1.94 bits per heavy atom. The third kappa shape index (κ3) is 4.34. The van der Waals surface area contributed by atoms with Crippen LogP contribution in [0.5, 0.6) is 0 Å². The first-order chi connectivity index (χ1) is 16.0. The maximum Gasteiger partial charge on any atom is 0.224 e. The molecule has 168 valence electrons. The summed E-state index contributed by atoms with van der Waals surface area (Å²) in [6.07, 6.45) is 5.33. The summed E-state index contributed by atoms with van der Waals surface area (Å²) in [4.78, 5) is 25.3. The van der Waals surface area contributed by atoms with Crippen molar-refractivity contribution in [3.8, 4) is 11.3 Å². The molecule has 0 N–H and O–H groups in total. The van der Waals surface area contributed by atoms with Crippen molar-refractivity contribution >= 4 is 41.2 Å². The number of nitrogens with zero attached hydrogens (tertiary/aromatic N) is 4. The van der Waals surface area contributed by atoms with E-state index in [1.54, 1.807) is 29.3 Å². The molecule has 0 unspecified atom stereocenters. The number of hydrogen-bond acceptors (Lipinski definition) is 5. The van der Waals surface area contributed by atoms with Crippen molar-refractivity contribution in [2.75, 3.05) is 36.1 Å². The number of pyridine rings is 2. The molecular formula is C25H22ClFN4O2. The molecule has 1 aromatic carbocycles. The maximum absolute atomic E-state index is 15.2. The van der Waals surface area contributed by atoms with E-state index in [1.165, 1.54) is 13.0 Å². The first-order valence-corrected chi connectivity index (χ1v) is 11.1. The van der Waals surface area contributed by atoms with E-state index in [0.717, 1.165) is 30.2 Å². The molecule has 1 saturated heterocycles. The molecule has 4 heterocycles. The summed E-state index contributed by atoms with van der Waals surface area (Å²) >= 11 is 6.17. The van der Waals surface area contributed by atoms with Crippen LogP contribution in [0.1, 0.15) is 23.7 Å². The van der Waals surface area contributed by atoms with Crippen molar-refractivity contribution in [3.05, 3.63) is 70.3 Å². The number of carbonyl (C=O) groups excluding carboxylic acids is 1. The van der Waals surface area contributed by atoms with Gasteiger partial charge in [0.25, 0.3) is 0 Å². The SMILES string of the molecule is CC(=O)N1Cc2cc(F)c(-c3ccc(N4CCOCC4)nc3)nc2/C=C\c2cc(Cl)ccc21. The van der Waals surface area contributed by atoms with E-state index >= 15 is 4.39 Å². The van der Waals surface area contributed by atoms with E-state index in [2.05, 4.69) is 14.9 Å². The van der Waals surface area contributed by atoms with Crippen molar-refractivity contribution in [1.29, 1.82) is 0 Å². The summed E-state index contributed by atoms with van der Waals surface area (Å²) in [6.45, 7) is 4.59. The minimum absolute atomic E-state index is 0.146. The molecule has 2 aliphatic rings. The Labute approximate surface area is 196 Å². The zero-order valence-electron chi connectivity index (χ0n) is 18.1. The molecule has 5 rings (SSSR count). The largest absolute Gasteiger partial charge is 0.378 e. The standard InChI is InChI=1S/C25H22ClFN4O2/c1-16(32)31-15-19-13-21(27)25(18-3-7-24(28-14-18)30-8-10-33-11-9-30)29-22(19)5-2-17-12-20(26)4-6-23(17)31/h2-7,12-14H,8-11,15H2,1H3/b5-2-. The average Bonchev–Trinajstić information content (AvgIpc) is 2.82. The lowest BCUT2D eigenvalue weighted by Crippen LogP contribution is -2.36. The lowest BCUT2D eigenvalue weighted by atomic mass is 10.0. The van der Waals surface area contributed by atoms with Gasteiger partial charge in [-0.3, -0.25) is 4.79 Å². The predicted octanol–water partition coefficient (Wildman–Crippen LogP) is 4.81. The summed E-state index contributed by atoms with van der Waals surface area (Å²) < 4.78 is 20.6. The number of aromatic nitrogens is 2. The highest BCUT2D eigenvalue weighted by atomic mass is 35.5. The number of rotatable bonds is 2. The van der Waals surface area contributed by atoms with Crippen molar-refractivity contribution in [2.24, 2.45) is 0 Å². The molecular weight excluding hydrogens is 443 g/mol. The van der Waals surface area contributed by atoms with Crippen LogP contribution in [0, 0.1) is 5.82 Å². The first kappa shape index (κ1) is 21.6. The fourth-order valence-electron chi connectivity index (χ4n) is 4.13. The van der Waals surface area contributed by atoms with Crippen LogP contribution in [-0.4, -0.2) is 42.2 Å². The van der Waals surface area contributed by atoms with Crippen LogP contribution in [0.25, 0.3) is 23.4 Å². The molecule has 1 fully saturated rings. The second kappa shape index (κ2) is 8.92. The van der Waals surface area contributed by atoms with Gasteiger partial charge >= 0.3 is 0 Å². The zero-order chi connectivity index (χ0) is 22.9. The Bertz CT molecular complexity index is 1240. The number of morpholine rings is 1. The smallest absolute Gasteiger partial charge is 0.224 e. The fraction of sp³-hybridized carbons (Fsp3) is 0.240. The lowest BCUT2D eigenvalue weighted by Gasteiger charge is -2.27. The van der Waals surface area contributed by atoms with Crippen LogP contribution in [0.2, 0.25) is 5.02 Å². The molecule has 1 amide bonds. The molecule has 0 saturated carbocycles. The van der Waals surface area contributed by atoms with Crippen molar-refractivity contribution in [1.82, 2.24) is 9.97 Å². The molecule has 8 heteroatoms. The Kier molecular flexibility index (Phi) is 5.83. The van der Waals surface area contributed by atoms with E-state index in [0.29, 0.717) is 35.1 Å². The fourth-order valence-corrected chi connectivity index (χ4v) is 4.31. The van der Waals surface area contributed by atoms with E-state index in [4.69, 9.17) is 16.3 Å². The maximum atomic E-state index is 15.2.